The van der Waals surface area contributed by atoms with Crippen molar-refractivity contribution in [2.24, 2.45) is 10.9 Å². The van der Waals surface area contributed by atoms with Crippen molar-refractivity contribution in [3.63, 3.8) is 0 Å². The molecule has 16 nitrogen and oxygen atoms in total. The highest BCUT2D eigenvalue weighted by Crippen LogP contribution is 2.56. The topological polar surface area (TPSA) is 259 Å². The van der Waals surface area contributed by atoms with E-state index in [4.69, 9.17) is 14.2 Å². The number of aliphatic hydroxyl groups excluding tert-OH is 3. The first-order chi connectivity index (χ1) is 23.6. The van der Waals surface area contributed by atoms with Gasteiger partial charge in [-0.1, -0.05) is 6.07 Å². The largest absolute Gasteiger partial charge is 0.507 e. The first-order valence-corrected chi connectivity index (χ1v) is 15.7. The lowest BCUT2D eigenvalue weighted by Gasteiger charge is -2.53. The van der Waals surface area contributed by atoms with Gasteiger partial charge in [0.25, 0.3) is 5.91 Å². The number of phenolic OH excluding ortho intramolecular Hbond substituents is 2. The van der Waals surface area contributed by atoms with E-state index < -0.39 is 141 Å². The Bertz CT molecular complexity index is 1920. The van der Waals surface area contributed by atoms with E-state index in [9.17, 15) is 54.6 Å². The quantitative estimate of drug-likeness (QED) is 0.204. The van der Waals surface area contributed by atoms with Gasteiger partial charge in [0.05, 0.1) is 59.7 Å². The van der Waals surface area contributed by atoms with Crippen LogP contribution in [0.4, 0.5) is 0 Å². The zero-order valence-electron chi connectivity index (χ0n) is 27.6. The molecular formula is C34H36N2O14. The number of aromatic hydroxyl groups is 2. The molecule has 6 rings (SSSR count). The number of carbonyl (C=O) groups excluding carboxylic acids is 5. The van der Waals surface area contributed by atoms with Crippen LogP contribution in [0, 0.1) is 12.8 Å². The Kier molecular flexibility index (Phi) is 8.58. The van der Waals surface area contributed by atoms with Gasteiger partial charge in [-0.15, -0.1) is 0 Å². The molecule has 0 radical (unpaired) electrons. The van der Waals surface area contributed by atoms with Crippen molar-refractivity contribution >= 4 is 34.8 Å². The van der Waals surface area contributed by atoms with E-state index in [0.717, 1.165) is 13.2 Å². The van der Waals surface area contributed by atoms with Crippen LogP contribution in [0.3, 0.4) is 0 Å². The molecule has 0 bridgehead atoms. The predicted octanol–water partition coefficient (Wildman–Crippen LogP) is -0.726. The summed E-state index contributed by atoms with van der Waals surface area (Å²) in [6, 6.07) is 2.20. The maximum atomic E-state index is 14.6. The lowest BCUT2D eigenvalue weighted by molar-refractivity contribution is -0.206. The van der Waals surface area contributed by atoms with E-state index in [1.165, 1.54) is 27.1 Å². The van der Waals surface area contributed by atoms with Gasteiger partial charge in [-0.3, -0.25) is 29.0 Å². The second kappa shape index (κ2) is 12.1. The molecule has 50 heavy (non-hydrogen) atoms. The molecule has 7 N–H and O–H groups in total. The van der Waals surface area contributed by atoms with Crippen LogP contribution in [0.1, 0.15) is 81.8 Å². The van der Waals surface area contributed by atoms with Crippen LogP contribution < -0.4 is 5.32 Å². The zero-order valence-corrected chi connectivity index (χ0v) is 27.6. The average molecular weight is 697 g/mol. The smallest absolute Gasteiger partial charge is 0.255 e. The number of aliphatic hydroxyl groups is 4. The number of Topliss-reactive ketones (excluding diaryl/α,β-unsaturated/α-hetero) is 4. The van der Waals surface area contributed by atoms with Crippen LogP contribution in [-0.2, 0) is 26.2 Å². The van der Waals surface area contributed by atoms with Gasteiger partial charge in [0.15, 0.2) is 23.2 Å². The molecule has 2 aromatic rings. The molecule has 1 fully saturated rings. The Morgan fingerprint density at radius 2 is 1.74 bits per heavy atom. The summed E-state index contributed by atoms with van der Waals surface area (Å²) >= 11 is 0. The number of methoxy groups -OCH3 is 2. The lowest BCUT2D eigenvalue weighted by atomic mass is 9.56. The summed E-state index contributed by atoms with van der Waals surface area (Å²) < 4.78 is 16.5. The number of hydrogen-bond acceptors (Lipinski definition) is 15. The summed E-state index contributed by atoms with van der Waals surface area (Å²) in [4.78, 5) is 73.5. The Labute approximate surface area is 284 Å². The van der Waals surface area contributed by atoms with Crippen LogP contribution in [0.2, 0.25) is 0 Å². The van der Waals surface area contributed by atoms with Crippen molar-refractivity contribution < 1.29 is 68.8 Å². The molecule has 1 heterocycles. The minimum absolute atomic E-state index is 0.0147. The molecule has 16 heteroatoms. The summed E-state index contributed by atoms with van der Waals surface area (Å²) in [6.45, 7) is 2.43. The predicted molar refractivity (Wildman–Crippen MR) is 169 cm³/mol. The van der Waals surface area contributed by atoms with Gasteiger partial charge in [-0.2, -0.15) is 0 Å². The van der Waals surface area contributed by atoms with Gasteiger partial charge in [-0.25, -0.2) is 0 Å². The molecule has 1 saturated heterocycles. The number of benzene rings is 2. The summed E-state index contributed by atoms with van der Waals surface area (Å²) in [7, 11) is 3.55. The molecule has 0 aromatic heterocycles. The molecule has 0 saturated carbocycles. The van der Waals surface area contributed by atoms with Crippen molar-refractivity contribution in [3.8, 4) is 11.5 Å². The van der Waals surface area contributed by atoms with E-state index in [1.54, 1.807) is 6.92 Å². The van der Waals surface area contributed by atoms with Crippen molar-refractivity contribution in [1.29, 1.82) is 0 Å². The molecule has 0 spiro atoms. The van der Waals surface area contributed by atoms with Crippen LogP contribution in [-0.4, -0.2) is 130 Å². The van der Waals surface area contributed by atoms with E-state index in [0.29, 0.717) is 0 Å². The fraction of sp³-hybridized carbons (Fsp3) is 0.471. The second-order valence-electron chi connectivity index (χ2n) is 12.9. The third-order valence-corrected chi connectivity index (χ3v) is 10.4. The third-order valence-electron chi connectivity index (χ3n) is 10.4. The van der Waals surface area contributed by atoms with Crippen LogP contribution >= 0.6 is 0 Å². The number of aryl methyl sites for hydroxylation is 1. The number of fused-ring (bicyclic) bond motifs is 5. The van der Waals surface area contributed by atoms with Crippen molar-refractivity contribution in [2.75, 3.05) is 27.9 Å². The number of nitrogens with one attached hydrogen (secondary N) is 1. The number of amides is 1. The first kappa shape index (κ1) is 35.4. The number of aliphatic imine (C=N–C) groups is 1. The minimum atomic E-state index is -3.22. The van der Waals surface area contributed by atoms with Gasteiger partial charge >= 0.3 is 0 Å². The van der Waals surface area contributed by atoms with Crippen molar-refractivity contribution in [3.05, 3.63) is 56.6 Å². The van der Waals surface area contributed by atoms with Gasteiger partial charge in [-0.05, 0) is 31.0 Å². The summed E-state index contributed by atoms with van der Waals surface area (Å²) in [6.07, 6.45) is -7.22. The Balaban J connectivity index is 1.55. The first-order valence-electron chi connectivity index (χ1n) is 15.7. The molecule has 1 unspecified atom stereocenters. The Morgan fingerprint density at radius 1 is 1.06 bits per heavy atom. The minimum Gasteiger partial charge on any atom is -0.507 e. The molecular weight excluding hydrogens is 660 g/mol. The zero-order chi connectivity index (χ0) is 36.8. The van der Waals surface area contributed by atoms with Crippen LogP contribution in [0.5, 0.6) is 11.5 Å². The molecule has 1 aliphatic heterocycles. The van der Waals surface area contributed by atoms with Crippen LogP contribution in [0.25, 0.3) is 0 Å². The van der Waals surface area contributed by atoms with E-state index >= 15 is 0 Å². The summed E-state index contributed by atoms with van der Waals surface area (Å²) in [5.41, 5.74) is -9.89. The van der Waals surface area contributed by atoms with Gasteiger partial charge in [0.1, 0.15) is 17.6 Å². The monoisotopic (exact) mass is 696 g/mol. The second-order valence-corrected chi connectivity index (χ2v) is 12.9. The van der Waals surface area contributed by atoms with E-state index in [1.807, 2.05) is 0 Å². The third kappa shape index (κ3) is 4.43. The number of nitrogens with zero attached hydrogens (tertiary/aromatic N) is 1. The molecule has 2 aromatic carbocycles. The number of ether oxygens (including phenoxy) is 3. The number of hydrogen-bond donors (Lipinski definition) is 7. The number of carbonyl (C=O) groups is 5. The standard InChI is InChI=1S/C34H36N2O14/c1-11-6-13-7-19(39)34(49-5)30(45)22-15(29(44)33(34,47)23(13)27(43)20(11)31(46)35-3)8-14-21(26(22)42)18(38)9-17(24(14)40)36-32-16(10-37)25(41)28(48-4)12(2)50-32/h6,8,12,16,19,25,28,32,37,39,41-43,47H,7,9-10H2,1-5H3,(H,35,46)/t12-,16+,19+,25-,28-,32?,33-,34+/m0/s1. The summed E-state index contributed by atoms with van der Waals surface area (Å²) in [5.74, 6) is -8.35. The molecule has 266 valence electrons. The number of phenols is 2. The van der Waals surface area contributed by atoms with Crippen molar-refractivity contribution in [1.82, 2.24) is 5.32 Å². The SMILES string of the molecule is CNC(=O)c1c(C)cc2c(c1O)[C@]1(O)C(=O)c3cc4c(c(O)c3C(=O)[C@]1(OC)[C@H](O)C2)C(=O)CC(=NC1O[C@@H](C)[C@H](OC)[C@@H](O)[C@H]1CO)C4=O. The summed E-state index contributed by atoms with van der Waals surface area (Å²) in [5, 5.41) is 69.9. The highest BCUT2D eigenvalue weighted by Gasteiger charge is 2.72. The average Bonchev–Trinajstić information content (AvgIpc) is 3.05. The van der Waals surface area contributed by atoms with E-state index in [-0.39, 0.29) is 16.7 Å². The highest BCUT2D eigenvalue weighted by molar-refractivity contribution is 6.53. The Morgan fingerprint density at radius 3 is 2.34 bits per heavy atom. The lowest BCUT2D eigenvalue weighted by Crippen LogP contribution is -2.73. The van der Waals surface area contributed by atoms with Gasteiger partial charge in [0, 0.05) is 44.4 Å². The van der Waals surface area contributed by atoms with E-state index in [2.05, 4.69) is 10.3 Å². The molecule has 1 amide bonds. The number of ketones is 4. The van der Waals surface area contributed by atoms with Gasteiger partial charge in [0.2, 0.25) is 17.3 Å². The van der Waals surface area contributed by atoms with Crippen molar-refractivity contribution in [2.45, 2.75) is 68.5 Å². The van der Waals surface area contributed by atoms with Gasteiger partial charge < -0.3 is 50.2 Å². The molecule has 8 atom stereocenters. The maximum absolute atomic E-state index is 14.6. The molecule has 4 aliphatic rings. The fourth-order valence-electron chi connectivity index (χ4n) is 8.00. The Hall–Kier alpha value is -4.42. The maximum Gasteiger partial charge on any atom is 0.255 e. The number of rotatable bonds is 5. The molecule has 3 aliphatic carbocycles. The normalized spacial score (nSPS) is 32.7. The van der Waals surface area contributed by atoms with Crippen LogP contribution in [0.15, 0.2) is 17.1 Å². The fourth-order valence-corrected chi connectivity index (χ4v) is 8.00. The highest BCUT2D eigenvalue weighted by atomic mass is 16.6.